The highest BCUT2D eigenvalue weighted by Crippen LogP contribution is 2.09. The summed E-state index contributed by atoms with van der Waals surface area (Å²) in [5.74, 6) is 0.852. The van der Waals surface area contributed by atoms with Gasteiger partial charge in [0.25, 0.3) is 0 Å². The second kappa shape index (κ2) is 9.88. The Morgan fingerprint density at radius 2 is 1.32 bits per heavy atom. The lowest BCUT2D eigenvalue weighted by Gasteiger charge is -1.98. The van der Waals surface area contributed by atoms with Crippen LogP contribution in [0.15, 0.2) is 66.9 Å². The van der Waals surface area contributed by atoms with Crippen LogP contribution in [0.3, 0.4) is 0 Å². The number of hydrogen-bond donors (Lipinski definition) is 2. The van der Waals surface area contributed by atoms with Crippen LogP contribution < -0.4 is 4.74 Å². The zero-order valence-electron chi connectivity index (χ0n) is 10.6. The van der Waals surface area contributed by atoms with Gasteiger partial charge in [0, 0.05) is 0 Å². The summed E-state index contributed by atoms with van der Waals surface area (Å²) in [5, 5.41) is 15.2. The van der Waals surface area contributed by atoms with E-state index >= 15 is 0 Å². The molecule has 0 saturated heterocycles. The van der Waals surface area contributed by atoms with E-state index in [2.05, 4.69) is 0 Å². The Kier molecular flexibility index (Phi) is 7.78. The molecule has 0 aliphatic heterocycles. The first kappa shape index (κ1) is 15.0. The molecule has 0 saturated carbocycles. The fraction of sp³-hybridized carbons (Fsp3) is 0.125. The highest BCUT2D eigenvalue weighted by atomic mass is 16.5. The lowest BCUT2D eigenvalue weighted by atomic mass is 10.2. The molecule has 3 nitrogen and oxygen atoms in total. The fourth-order valence-electron chi connectivity index (χ4n) is 1.25. The van der Waals surface area contributed by atoms with Crippen molar-refractivity contribution in [3.8, 4) is 5.75 Å². The van der Waals surface area contributed by atoms with Crippen LogP contribution in [0.1, 0.15) is 5.56 Å². The zero-order chi connectivity index (χ0) is 13.8. The Balaban J connectivity index is 0.000000399. The Bertz CT molecular complexity index is 450. The minimum Gasteiger partial charge on any atom is -0.465 e. The molecule has 0 spiro atoms. The minimum absolute atomic E-state index is 0.125. The number of ether oxygens (including phenoxy) is 1. The quantitative estimate of drug-likeness (QED) is 0.829. The van der Waals surface area contributed by atoms with E-state index in [0.29, 0.717) is 0 Å². The lowest BCUT2D eigenvalue weighted by Crippen LogP contribution is -1.85. The smallest absolute Gasteiger partial charge is 0.126 e. The maximum atomic E-state index is 7.62. The van der Waals surface area contributed by atoms with Gasteiger partial charge in [-0.2, -0.15) is 0 Å². The third-order valence-corrected chi connectivity index (χ3v) is 2.11. The van der Waals surface area contributed by atoms with E-state index in [1.807, 2.05) is 66.7 Å². The van der Waals surface area contributed by atoms with Crippen LogP contribution in [0.4, 0.5) is 0 Å². The van der Waals surface area contributed by atoms with Crippen molar-refractivity contribution in [3.05, 3.63) is 72.5 Å². The third-order valence-electron chi connectivity index (χ3n) is 2.11. The first-order valence-electron chi connectivity index (χ1n) is 6.02. The van der Waals surface area contributed by atoms with E-state index < -0.39 is 0 Å². The summed E-state index contributed by atoms with van der Waals surface area (Å²) in [5.41, 5.74) is 1.13. The first-order chi connectivity index (χ1) is 9.36. The van der Waals surface area contributed by atoms with Gasteiger partial charge in [-0.3, -0.25) is 0 Å². The van der Waals surface area contributed by atoms with Gasteiger partial charge in [0.2, 0.25) is 0 Å². The molecule has 0 amide bonds. The molecule has 0 fully saturated rings. The summed E-state index contributed by atoms with van der Waals surface area (Å²) in [6.45, 7) is -0.250. The number of rotatable bonds is 4. The predicted octanol–water partition coefficient (Wildman–Crippen LogP) is 2.71. The number of aliphatic hydroxyl groups excluding tert-OH is 2. The van der Waals surface area contributed by atoms with E-state index in [9.17, 15) is 0 Å². The predicted molar refractivity (Wildman–Crippen MR) is 76.7 cm³/mol. The summed E-state index contributed by atoms with van der Waals surface area (Å²) in [6, 6.07) is 19.8. The molecule has 0 unspecified atom stereocenters. The second-order valence-corrected chi connectivity index (χ2v) is 3.59. The summed E-state index contributed by atoms with van der Waals surface area (Å²) in [6.07, 6.45) is 3.64. The molecular weight excluding hydrogens is 240 g/mol. The molecule has 2 aromatic rings. The average molecular weight is 258 g/mol. The molecule has 0 atom stereocenters. The van der Waals surface area contributed by atoms with E-state index in [0.717, 1.165) is 11.3 Å². The van der Waals surface area contributed by atoms with Crippen LogP contribution >= 0.6 is 0 Å². The Morgan fingerprint density at radius 1 is 0.789 bits per heavy atom. The Hall–Kier alpha value is -2.10. The topological polar surface area (TPSA) is 49.7 Å². The van der Waals surface area contributed by atoms with Crippen LogP contribution in [-0.4, -0.2) is 23.4 Å². The Labute approximate surface area is 113 Å². The Morgan fingerprint density at radius 3 is 1.84 bits per heavy atom. The van der Waals surface area contributed by atoms with Crippen molar-refractivity contribution in [1.82, 2.24) is 0 Å². The average Bonchev–Trinajstić information content (AvgIpc) is 2.50. The van der Waals surface area contributed by atoms with E-state index in [1.165, 1.54) is 0 Å². The fourth-order valence-corrected chi connectivity index (χ4v) is 1.25. The molecule has 0 aromatic heterocycles. The molecule has 2 rings (SSSR count). The van der Waals surface area contributed by atoms with Crippen molar-refractivity contribution < 1.29 is 14.9 Å². The van der Waals surface area contributed by atoms with Gasteiger partial charge in [0.05, 0.1) is 19.5 Å². The summed E-state index contributed by atoms with van der Waals surface area (Å²) in [7, 11) is 0. The van der Waals surface area contributed by atoms with Crippen LogP contribution in [0.25, 0.3) is 6.08 Å². The second-order valence-electron chi connectivity index (χ2n) is 3.59. The molecule has 0 aliphatic carbocycles. The maximum absolute atomic E-state index is 7.62. The van der Waals surface area contributed by atoms with Crippen molar-refractivity contribution in [3.63, 3.8) is 0 Å². The lowest BCUT2D eigenvalue weighted by molar-refractivity contribution is 0.186. The van der Waals surface area contributed by atoms with Crippen molar-refractivity contribution in [1.29, 1.82) is 0 Å². The van der Waals surface area contributed by atoms with Gasteiger partial charge in [-0.1, -0.05) is 48.5 Å². The van der Waals surface area contributed by atoms with Gasteiger partial charge >= 0.3 is 0 Å². The van der Waals surface area contributed by atoms with Gasteiger partial charge in [-0.15, -0.1) is 0 Å². The zero-order valence-corrected chi connectivity index (χ0v) is 10.6. The van der Waals surface area contributed by atoms with E-state index in [-0.39, 0.29) is 13.2 Å². The highest BCUT2D eigenvalue weighted by Gasteiger charge is 1.86. The van der Waals surface area contributed by atoms with Crippen molar-refractivity contribution >= 4 is 6.08 Å². The van der Waals surface area contributed by atoms with Crippen molar-refractivity contribution in [2.45, 2.75) is 0 Å². The standard InChI is InChI=1S/C14H12O.C2H6O2/c1-3-7-13(8-4-1)11-12-15-14-9-5-2-6-10-14;3-1-2-4/h1-12H;3-4H,1-2H2. The highest BCUT2D eigenvalue weighted by molar-refractivity contribution is 5.48. The molecule has 0 radical (unpaired) electrons. The number of hydrogen-bond acceptors (Lipinski definition) is 3. The summed E-state index contributed by atoms with van der Waals surface area (Å²) in [4.78, 5) is 0. The molecular formula is C16H18O3. The number of aliphatic hydroxyl groups is 2. The minimum atomic E-state index is -0.125. The number of para-hydroxylation sites is 1. The van der Waals surface area contributed by atoms with E-state index in [4.69, 9.17) is 14.9 Å². The maximum Gasteiger partial charge on any atom is 0.126 e. The molecule has 100 valence electrons. The van der Waals surface area contributed by atoms with Crippen LogP contribution in [-0.2, 0) is 0 Å². The molecule has 3 heteroatoms. The largest absolute Gasteiger partial charge is 0.465 e. The molecule has 2 aromatic carbocycles. The summed E-state index contributed by atoms with van der Waals surface area (Å²) >= 11 is 0. The molecule has 0 heterocycles. The van der Waals surface area contributed by atoms with Crippen molar-refractivity contribution in [2.75, 3.05) is 13.2 Å². The molecule has 0 bridgehead atoms. The van der Waals surface area contributed by atoms with Crippen molar-refractivity contribution in [2.24, 2.45) is 0 Å². The van der Waals surface area contributed by atoms with E-state index in [1.54, 1.807) is 6.26 Å². The normalized spacial score (nSPS) is 9.79. The monoisotopic (exact) mass is 258 g/mol. The van der Waals surface area contributed by atoms with Crippen LogP contribution in [0.2, 0.25) is 0 Å². The van der Waals surface area contributed by atoms with Gasteiger partial charge in [0.1, 0.15) is 5.75 Å². The van der Waals surface area contributed by atoms with Gasteiger partial charge in [0.15, 0.2) is 0 Å². The molecule has 2 N–H and O–H groups in total. The number of benzene rings is 2. The van der Waals surface area contributed by atoms with Crippen LogP contribution in [0, 0.1) is 0 Å². The van der Waals surface area contributed by atoms with Crippen LogP contribution in [0.5, 0.6) is 5.75 Å². The first-order valence-corrected chi connectivity index (χ1v) is 6.02. The third kappa shape index (κ3) is 7.03. The molecule has 0 aliphatic rings. The van der Waals surface area contributed by atoms with Gasteiger partial charge < -0.3 is 14.9 Å². The summed E-state index contributed by atoms with van der Waals surface area (Å²) < 4.78 is 5.43. The van der Waals surface area contributed by atoms with Gasteiger partial charge in [-0.25, -0.2) is 0 Å². The molecule has 19 heavy (non-hydrogen) atoms. The SMILES string of the molecule is C(=Cc1ccccc1)Oc1ccccc1.OCCO. The van der Waals surface area contributed by atoms with Gasteiger partial charge in [-0.05, 0) is 23.8 Å².